The third-order valence-electron chi connectivity index (χ3n) is 2.70. The number of hydrogen-bond acceptors (Lipinski definition) is 3. The number of carbonyl (C=O) groups is 1. The number of carbonyl (C=O) groups excluding carboxylic acids is 1. The second-order valence-corrected chi connectivity index (χ2v) is 4.49. The molecule has 3 N–H and O–H groups in total. The highest BCUT2D eigenvalue weighted by Crippen LogP contribution is 2.03. The number of nitrogens with two attached hydrogens (primary N) is 1. The summed E-state index contributed by atoms with van der Waals surface area (Å²) in [6.07, 6.45) is 5.33. The van der Waals surface area contributed by atoms with Gasteiger partial charge in [0.15, 0.2) is 0 Å². The van der Waals surface area contributed by atoms with Crippen LogP contribution in [0.2, 0.25) is 0 Å². The van der Waals surface area contributed by atoms with E-state index in [1.54, 1.807) is 12.4 Å². The summed E-state index contributed by atoms with van der Waals surface area (Å²) in [6, 6.07) is 1.84. The van der Waals surface area contributed by atoms with Crippen LogP contribution in [0.15, 0.2) is 18.5 Å². The SMILES string of the molecule is Cc1cncc(C(=O)NCCCC(C)CN)c1. The average molecular weight is 235 g/mol. The predicted molar refractivity (Wildman–Crippen MR) is 68.8 cm³/mol. The van der Waals surface area contributed by atoms with Crippen molar-refractivity contribution in [2.75, 3.05) is 13.1 Å². The number of amides is 1. The Morgan fingerprint density at radius 1 is 1.53 bits per heavy atom. The molecular weight excluding hydrogens is 214 g/mol. The first-order valence-electron chi connectivity index (χ1n) is 6.03. The fourth-order valence-corrected chi connectivity index (χ4v) is 1.55. The van der Waals surface area contributed by atoms with E-state index in [9.17, 15) is 4.79 Å². The standard InChI is InChI=1S/C13H21N3O/c1-10(7-14)4-3-5-16-13(17)12-6-11(2)8-15-9-12/h6,8-10H,3-5,7,14H2,1-2H3,(H,16,17). The van der Waals surface area contributed by atoms with Gasteiger partial charge in [-0.15, -0.1) is 0 Å². The minimum absolute atomic E-state index is 0.0541. The van der Waals surface area contributed by atoms with E-state index < -0.39 is 0 Å². The van der Waals surface area contributed by atoms with Crippen LogP contribution in [-0.2, 0) is 0 Å². The maximum atomic E-state index is 11.7. The van der Waals surface area contributed by atoms with Crippen LogP contribution in [0, 0.1) is 12.8 Å². The number of nitrogens with zero attached hydrogens (tertiary/aromatic N) is 1. The van der Waals surface area contributed by atoms with Crippen LogP contribution in [0.3, 0.4) is 0 Å². The maximum Gasteiger partial charge on any atom is 0.252 e. The van der Waals surface area contributed by atoms with Crippen molar-refractivity contribution in [3.8, 4) is 0 Å². The van der Waals surface area contributed by atoms with Crippen LogP contribution in [0.1, 0.15) is 35.7 Å². The summed E-state index contributed by atoms with van der Waals surface area (Å²) in [6.45, 7) is 5.44. The molecule has 0 bridgehead atoms. The van der Waals surface area contributed by atoms with E-state index in [0.29, 0.717) is 24.6 Å². The van der Waals surface area contributed by atoms with Crippen molar-refractivity contribution in [3.05, 3.63) is 29.6 Å². The van der Waals surface area contributed by atoms with Gasteiger partial charge in [-0.25, -0.2) is 0 Å². The molecule has 0 aromatic carbocycles. The zero-order valence-corrected chi connectivity index (χ0v) is 10.6. The van der Waals surface area contributed by atoms with E-state index in [0.717, 1.165) is 18.4 Å². The Morgan fingerprint density at radius 3 is 2.94 bits per heavy atom. The molecule has 0 saturated carbocycles. The summed E-state index contributed by atoms with van der Waals surface area (Å²) in [5.41, 5.74) is 7.14. The molecule has 1 amide bonds. The molecule has 1 aromatic heterocycles. The van der Waals surface area contributed by atoms with Gasteiger partial charge < -0.3 is 11.1 Å². The average Bonchev–Trinajstić information content (AvgIpc) is 2.34. The van der Waals surface area contributed by atoms with Gasteiger partial charge in [0.05, 0.1) is 5.56 Å². The van der Waals surface area contributed by atoms with E-state index in [2.05, 4.69) is 17.2 Å². The van der Waals surface area contributed by atoms with E-state index in [4.69, 9.17) is 5.73 Å². The quantitative estimate of drug-likeness (QED) is 0.734. The predicted octanol–water partition coefficient (Wildman–Crippen LogP) is 1.49. The normalized spacial score (nSPS) is 12.2. The highest BCUT2D eigenvalue weighted by Gasteiger charge is 2.05. The molecule has 1 aromatic rings. The fourth-order valence-electron chi connectivity index (χ4n) is 1.55. The molecule has 0 fully saturated rings. The van der Waals surface area contributed by atoms with E-state index in [1.165, 1.54) is 0 Å². The van der Waals surface area contributed by atoms with Gasteiger partial charge in [-0.3, -0.25) is 9.78 Å². The number of rotatable bonds is 6. The summed E-state index contributed by atoms with van der Waals surface area (Å²) in [5.74, 6) is 0.467. The van der Waals surface area contributed by atoms with Gasteiger partial charge in [0.1, 0.15) is 0 Å². The molecule has 17 heavy (non-hydrogen) atoms. The Morgan fingerprint density at radius 2 is 2.29 bits per heavy atom. The van der Waals surface area contributed by atoms with Crippen LogP contribution >= 0.6 is 0 Å². The summed E-state index contributed by atoms with van der Waals surface area (Å²) in [4.78, 5) is 15.7. The van der Waals surface area contributed by atoms with Crippen LogP contribution in [0.5, 0.6) is 0 Å². The first-order chi connectivity index (χ1) is 8.13. The van der Waals surface area contributed by atoms with Crippen LogP contribution < -0.4 is 11.1 Å². The summed E-state index contributed by atoms with van der Waals surface area (Å²) >= 11 is 0. The lowest BCUT2D eigenvalue weighted by molar-refractivity contribution is 0.0952. The number of hydrogen-bond donors (Lipinski definition) is 2. The van der Waals surface area contributed by atoms with Gasteiger partial charge in [0.25, 0.3) is 5.91 Å². The lowest BCUT2D eigenvalue weighted by Gasteiger charge is -2.09. The first kappa shape index (κ1) is 13.6. The maximum absolute atomic E-state index is 11.7. The van der Waals surface area contributed by atoms with E-state index in [1.807, 2.05) is 13.0 Å². The van der Waals surface area contributed by atoms with Crippen LogP contribution in [0.4, 0.5) is 0 Å². The molecule has 0 aliphatic heterocycles. The molecule has 0 aliphatic rings. The molecule has 1 rings (SSSR count). The highest BCUT2D eigenvalue weighted by atomic mass is 16.1. The molecule has 1 atom stereocenters. The minimum atomic E-state index is -0.0541. The van der Waals surface area contributed by atoms with Crippen molar-refractivity contribution in [1.82, 2.24) is 10.3 Å². The first-order valence-corrected chi connectivity index (χ1v) is 6.03. The van der Waals surface area contributed by atoms with Crippen molar-refractivity contribution < 1.29 is 4.79 Å². The van der Waals surface area contributed by atoms with Gasteiger partial charge in [-0.05, 0) is 43.9 Å². The van der Waals surface area contributed by atoms with Crippen LogP contribution in [-0.4, -0.2) is 24.0 Å². The zero-order chi connectivity index (χ0) is 12.7. The second-order valence-electron chi connectivity index (χ2n) is 4.49. The molecule has 0 radical (unpaired) electrons. The molecule has 0 aliphatic carbocycles. The minimum Gasteiger partial charge on any atom is -0.352 e. The Balaban J connectivity index is 2.30. The molecule has 1 unspecified atom stereocenters. The lowest BCUT2D eigenvalue weighted by Crippen LogP contribution is -2.25. The second kappa shape index (κ2) is 7.01. The third kappa shape index (κ3) is 4.95. The van der Waals surface area contributed by atoms with Crippen molar-refractivity contribution in [2.24, 2.45) is 11.7 Å². The topological polar surface area (TPSA) is 68.0 Å². The number of pyridine rings is 1. The van der Waals surface area contributed by atoms with Crippen molar-refractivity contribution in [1.29, 1.82) is 0 Å². The fraction of sp³-hybridized carbons (Fsp3) is 0.538. The van der Waals surface area contributed by atoms with Crippen molar-refractivity contribution in [2.45, 2.75) is 26.7 Å². The van der Waals surface area contributed by atoms with Gasteiger partial charge in [0, 0.05) is 18.9 Å². The molecule has 4 heteroatoms. The summed E-state index contributed by atoms with van der Waals surface area (Å²) in [5, 5.41) is 2.89. The van der Waals surface area contributed by atoms with Crippen LogP contribution in [0.25, 0.3) is 0 Å². The van der Waals surface area contributed by atoms with Gasteiger partial charge >= 0.3 is 0 Å². The number of nitrogens with one attached hydrogen (secondary N) is 1. The Labute approximate surface area is 103 Å². The Bertz CT molecular complexity index is 365. The molecule has 1 heterocycles. The molecule has 94 valence electrons. The lowest BCUT2D eigenvalue weighted by atomic mass is 10.1. The summed E-state index contributed by atoms with van der Waals surface area (Å²) < 4.78 is 0. The highest BCUT2D eigenvalue weighted by molar-refractivity contribution is 5.93. The Kier molecular flexibility index (Phi) is 5.63. The van der Waals surface area contributed by atoms with E-state index in [-0.39, 0.29) is 5.91 Å². The Hall–Kier alpha value is -1.42. The zero-order valence-electron chi connectivity index (χ0n) is 10.6. The smallest absolute Gasteiger partial charge is 0.252 e. The molecule has 0 saturated heterocycles. The van der Waals surface area contributed by atoms with E-state index >= 15 is 0 Å². The van der Waals surface area contributed by atoms with Gasteiger partial charge in [0.2, 0.25) is 0 Å². The number of aromatic nitrogens is 1. The van der Waals surface area contributed by atoms with Crippen molar-refractivity contribution in [3.63, 3.8) is 0 Å². The molecule has 0 spiro atoms. The summed E-state index contributed by atoms with van der Waals surface area (Å²) in [7, 11) is 0. The largest absolute Gasteiger partial charge is 0.352 e. The number of aryl methyl sites for hydroxylation is 1. The van der Waals surface area contributed by atoms with Gasteiger partial charge in [-0.2, -0.15) is 0 Å². The molecule has 4 nitrogen and oxygen atoms in total. The van der Waals surface area contributed by atoms with Gasteiger partial charge in [-0.1, -0.05) is 6.92 Å². The third-order valence-corrected chi connectivity index (χ3v) is 2.70. The monoisotopic (exact) mass is 235 g/mol. The van der Waals surface area contributed by atoms with Crippen molar-refractivity contribution >= 4 is 5.91 Å². The molecular formula is C13H21N3O.